The average Bonchev–Trinajstić information content (AvgIpc) is 2.95. The van der Waals surface area contributed by atoms with Gasteiger partial charge in [0.25, 0.3) is 0 Å². The molecular formula is C16H21BrN2O4S. The topological polar surface area (TPSA) is 84.8 Å². The summed E-state index contributed by atoms with van der Waals surface area (Å²) in [5.41, 5.74) is 1.67. The lowest BCUT2D eigenvalue weighted by atomic mass is 9.96. The second-order valence-corrected chi connectivity index (χ2v) is 9.40. The van der Waals surface area contributed by atoms with Crippen molar-refractivity contribution in [1.29, 1.82) is 0 Å². The molecular weight excluding hydrogens is 396 g/mol. The highest BCUT2D eigenvalue weighted by molar-refractivity contribution is 9.10. The van der Waals surface area contributed by atoms with Crippen LogP contribution in [0.2, 0.25) is 0 Å². The van der Waals surface area contributed by atoms with Crippen molar-refractivity contribution in [2.24, 2.45) is 5.16 Å². The van der Waals surface area contributed by atoms with Gasteiger partial charge < -0.3 is 10.2 Å². The molecule has 24 heavy (non-hydrogen) atoms. The van der Waals surface area contributed by atoms with Crippen molar-refractivity contribution in [3.05, 3.63) is 34.3 Å². The highest BCUT2D eigenvalue weighted by Gasteiger charge is 2.46. The first-order valence-electron chi connectivity index (χ1n) is 7.64. The van der Waals surface area contributed by atoms with E-state index in [1.165, 1.54) is 6.92 Å². The molecule has 2 unspecified atom stereocenters. The van der Waals surface area contributed by atoms with Crippen molar-refractivity contribution in [1.82, 2.24) is 5.32 Å². The van der Waals surface area contributed by atoms with Gasteiger partial charge in [0.1, 0.15) is 6.10 Å². The minimum atomic E-state index is -3.61. The third-order valence-corrected chi connectivity index (χ3v) is 6.68. The van der Waals surface area contributed by atoms with Crippen LogP contribution < -0.4 is 5.32 Å². The minimum absolute atomic E-state index is 0.0567. The van der Waals surface area contributed by atoms with Crippen LogP contribution in [0.4, 0.5) is 0 Å². The Bertz CT molecular complexity index is 746. The molecule has 1 amide bonds. The lowest BCUT2D eigenvalue weighted by Gasteiger charge is -2.28. The molecule has 0 aliphatic carbocycles. The maximum absolute atomic E-state index is 12.3. The van der Waals surface area contributed by atoms with E-state index < -0.39 is 26.6 Å². The lowest BCUT2D eigenvalue weighted by molar-refractivity contribution is -0.124. The maximum atomic E-state index is 12.3. The zero-order chi connectivity index (χ0) is 18.0. The normalized spacial score (nSPS) is 20.0. The smallest absolute Gasteiger partial charge is 0.241 e. The number of amides is 1. The molecule has 0 saturated heterocycles. The van der Waals surface area contributed by atoms with E-state index in [0.717, 1.165) is 22.0 Å². The monoisotopic (exact) mass is 416 g/mol. The molecule has 0 fully saturated rings. The molecule has 0 aromatic heterocycles. The summed E-state index contributed by atoms with van der Waals surface area (Å²) < 4.78 is 23.8. The molecule has 0 bridgehead atoms. The number of nitrogens with one attached hydrogen (secondary N) is 1. The summed E-state index contributed by atoms with van der Waals surface area (Å²) in [6, 6.07) is 7.63. The van der Waals surface area contributed by atoms with E-state index in [9.17, 15) is 13.2 Å². The van der Waals surface area contributed by atoms with Gasteiger partial charge in [-0.3, -0.25) is 4.79 Å². The summed E-state index contributed by atoms with van der Waals surface area (Å²) >= 11 is 3.38. The quantitative estimate of drug-likeness (QED) is 0.770. The molecule has 1 N–H and O–H groups in total. The van der Waals surface area contributed by atoms with Crippen molar-refractivity contribution in [3.63, 3.8) is 0 Å². The number of halogens is 1. The number of carbonyl (C=O) groups is 1. The third-order valence-electron chi connectivity index (χ3n) is 4.16. The number of hydrogen-bond donors (Lipinski definition) is 1. The Labute approximate surface area is 150 Å². The van der Waals surface area contributed by atoms with Gasteiger partial charge in [0.15, 0.2) is 14.6 Å². The fraction of sp³-hybridized carbons (Fsp3) is 0.500. The van der Waals surface area contributed by atoms with Crippen molar-refractivity contribution < 1.29 is 18.0 Å². The van der Waals surface area contributed by atoms with E-state index in [1.54, 1.807) is 6.92 Å². The van der Waals surface area contributed by atoms with Crippen LogP contribution in [0.1, 0.15) is 32.3 Å². The number of hydrogen-bond acceptors (Lipinski definition) is 5. The SMILES string of the molecule is CCNC(=O)C(C)(CC1CC(c2ccc(Br)cc2)=NO1)S(C)(=O)=O. The molecule has 1 aliphatic rings. The zero-order valence-corrected chi connectivity index (χ0v) is 16.3. The van der Waals surface area contributed by atoms with Crippen LogP contribution in [-0.2, 0) is 19.5 Å². The number of nitrogens with zero attached hydrogens (tertiary/aromatic N) is 1. The number of oxime groups is 1. The Kier molecular flexibility index (Phi) is 5.70. The average molecular weight is 417 g/mol. The first kappa shape index (κ1) is 18.9. The number of sulfone groups is 1. The van der Waals surface area contributed by atoms with Gasteiger partial charge in [-0.15, -0.1) is 0 Å². The van der Waals surface area contributed by atoms with Crippen molar-refractivity contribution in [2.45, 2.75) is 37.5 Å². The van der Waals surface area contributed by atoms with Crippen LogP contribution in [0.5, 0.6) is 0 Å². The largest absolute Gasteiger partial charge is 0.392 e. The summed E-state index contributed by atoms with van der Waals surface area (Å²) in [6.07, 6.45) is 1.15. The van der Waals surface area contributed by atoms with Crippen LogP contribution in [0.15, 0.2) is 33.9 Å². The van der Waals surface area contributed by atoms with E-state index in [4.69, 9.17) is 4.84 Å². The Hall–Kier alpha value is -1.41. The number of carbonyl (C=O) groups excluding carboxylic acids is 1. The second kappa shape index (κ2) is 7.23. The fourth-order valence-corrected chi connectivity index (χ4v) is 3.71. The van der Waals surface area contributed by atoms with E-state index >= 15 is 0 Å². The molecule has 1 heterocycles. The molecule has 1 aromatic carbocycles. The van der Waals surface area contributed by atoms with Crippen molar-refractivity contribution >= 4 is 37.4 Å². The van der Waals surface area contributed by atoms with E-state index in [1.807, 2.05) is 24.3 Å². The Balaban J connectivity index is 2.13. The van der Waals surface area contributed by atoms with Gasteiger partial charge in [-0.05, 0) is 31.5 Å². The van der Waals surface area contributed by atoms with Crippen LogP contribution in [0.25, 0.3) is 0 Å². The summed E-state index contributed by atoms with van der Waals surface area (Å²) in [5.74, 6) is -0.506. The summed E-state index contributed by atoms with van der Waals surface area (Å²) in [7, 11) is -3.61. The molecule has 6 nitrogen and oxygen atoms in total. The predicted molar refractivity (Wildman–Crippen MR) is 96.7 cm³/mol. The zero-order valence-electron chi connectivity index (χ0n) is 13.9. The molecule has 2 atom stereocenters. The molecule has 2 rings (SSSR count). The summed E-state index contributed by atoms with van der Waals surface area (Å²) in [4.78, 5) is 17.7. The van der Waals surface area contributed by atoms with Crippen LogP contribution >= 0.6 is 15.9 Å². The maximum Gasteiger partial charge on any atom is 0.241 e. The standard InChI is InChI=1S/C16H21BrN2O4S/c1-4-18-15(20)16(2,24(3,21)22)10-13-9-14(19-23-13)11-5-7-12(17)8-6-11/h5-8,13H,4,9-10H2,1-3H3,(H,18,20). The highest BCUT2D eigenvalue weighted by Crippen LogP contribution is 2.29. The minimum Gasteiger partial charge on any atom is -0.392 e. The van der Waals surface area contributed by atoms with Gasteiger partial charge in [0.05, 0.1) is 5.71 Å². The predicted octanol–water partition coefficient (Wildman–Crippen LogP) is 2.27. The molecule has 1 aliphatic heterocycles. The van der Waals surface area contributed by atoms with Crippen molar-refractivity contribution in [2.75, 3.05) is 12.8 Å². The molecule has 0 spiro atoms. The lowest BCUT2D eigenvalue weighted by Crippen LogP contribution is -2.51. The van der Waals surface area contributed by atoms with E-state index in [2.05, 4.69) is 26.4 Å². The van der Waals surface area contributed by atoms with Gasteiger partial charge in [-0.1, -0.05) is 33.2 Å². The molecule has 8 heteroatoms. The Morgan fingerprint density at radius 3 is 2.58 bits per heavy atom. The third kappa shape index (κ3) is 3.97. The number of benzene rings is 1. The van der Waals surface area contributed by atoms with Crippen LogP contribution in [-0.4, -0.2) is 43.7 Å². The van der Waals surface area contributed by atoms with E-state index in [0.29, 0.717) is 13.0 Å². The van der Waals surface area contributed by atoms with Gasteiger partial charge >= 0.3 is 0 Å². The van der Waals surface area contributed by atoms with E-state index in [-0.39, 0.29) is 6.42 Å². The van der Waals surface area contributed by atoms with Gasteiger partial charge in [0, 0.05) is 30.1 Å². The van der Waals surface area contributed by atoms with Crippen molar-refractivity contribution in [3.8, 4) is 0 Å². The summed E-state index contributed by atoms with van der Waals surface area (Å²) in [6.45, 7) is 3.56. The Morgan fingerprint density at radius 2 is 2.04 bits per heavy atom. The van der Waals surface area contributed by atoms with Crippen LogP contribution in [0.3, 0.4) is 0 Å². The highest BCUT2D eigenvalue weighted by atomic mass is 79.9. The van der Waals surface area contributed by atoms with Gasteiger partial charge in [-0.2, -0.15) is 0 Å². The van der Waals surface area contributed by atoms with Crippen LogP contribution in [0, 0.1) is 0 Å². The van der Waals surface area contributed by atoms with Gasteiger partial charge in [-0.25, -0.2) is 8.42 Å². The molecule has 132 valence electrons. The Morgan fingerprint density at radius 1 is 1.42 bits per heavy atom. The molecule has 1 aromatic rings. The summed E-state index contributed by atoms with van der Waals surface area (Å²) in [5, 5.41) is 6.66. The second-order valence-electron chi connectivity index (χ2n) is 6.04. The fourth-order valence-electron chi connectivity index (χ4n) is 2.55. The number of rotatable bonds is 6. The molecule has 0 radical (unpaired) electrons. The molecule has 0 saturated carbocycles. The first-order chi connectivity index (χ1) is 11.2. The van der Waals surface area contributed by atoms with Gasteiger partial charge in [0.2, 0.25) is 5.91 Å². The first-order valence-corrected chi connectivity index (χ1v) is 10.3.